The fourth-order valence-electron chi connectivity index (χ4n) is 5.41. The van der Waals surface area contributed by atoms with E-state index in [-0.39, 0.29) is 18.1 Å². The maximum Gasteiger partial charge on any atom is 0.336 e. The van der Waals surface area contributed by atoms with Crippen LogP contribution in [0.25, 0.3) is 22.0 Å². The highest BCUT2D eigenvalue weighted by molar-refractivity contribution is 5.99. The number of rotatable bonds is 6. The molecular formula is C34H30N2O5. The summed E-state index contributed by atoms with van der Waals surface area (Å²) in [5.41, 5.74) is 6.81. The van der Waals surface area contributed by atoms with Gasteiger partial charge in [0, 0.05) is 35.8 Å². The SMILES string of the molecule is Cc1c(C)n(Cc2ccc(-c3ccccc3C(=O)O)cc2)c2ccc(C(=O)N(C)C3COc4ccccc4O3)cc12. The Hall–Kier alpha value is -5.04. The number of aromatic carboxylic acids is 1. The van der Waals surface area contributed by atoms with E-state index in [0.717, 1.165) is 33.3 Å². The van der Waals surface area contributed by atoms with E-state index in [4.69, 9.17) is 9.47 Å². The Bertz CT molecular complexity index is 1790. The van der Waals surface area contributed by atoms with E-state index in [1.165, 1.54) is 0 Å². The molecular weight excluding hydrogens is 516 g/mol. The molecule has 1 N–H and O–H groups in total. The Morgan fingerprint density at radius 1 is 0.927 bits per heavy atom. The lowest BCUT2D eigenvalue weighted by molar-refractivity contribution is -0.00782. The average Bonchev–Trinajstić information content (AvgIpc) is 3.24. The maximum atomic E-state index is 13.5. The zero-order valence-corrected chi connectivity index (χ0v) is 23.1. The summed E-state index contributed by atoms with van der Waals surface area (Å²) >= 11 is 0. The minimum Gasteiger partial charge on any atom is -0.484 e. The van der Waals surface area contributed by atoms with E-state index in [1.807, 2.05) is 78.9 Å². The molecule has 4 aromatic carbocycles. The van der Waals surface area contributed by atoms with Gasteiger partial charge in [-0.1, -0.05) is 54.6 Å². The van der Waals surface area contributed by atoms with E-state index in [0.29, 0.717) is 29.2 Å². The zero-order chi connectivity index (χ0) is 28.7. The number of fused-ring (bicyclic) bond motifs is 2. The number of hydrogen-bond donors (Lipinski definition) is 1. The van der Waals surface area contributed by atoms with Gasteiger partial charge in [0.05, 0.1) is 5.56 Å². The van der Waals surface area contributed by atoms with Crippen molar-refractivity contribution >= 4 is 22.8 Å². The number of benzene rings is 4. The van der Waals surface area contributed by atoms with Crippen LogP contribution >= 0.6 is 0 Å². The molecule has 1 aliphatic rings. The molecule has 5 aromatic rings. The van der Waals surface area contributed by atoms with Crippen LogP contribution in [0.5, 0.6) is 11.5 Å². The van der Waals surface area contributed by atoms with Crippen LogP contribution in [0.3, 0.4) is 0 Å². The van der Waals surface area contributed by atoms with Gasteiger partial charge in [0.15, 0.2) is 11.5 Å². The number of hydrogen-bond acceptors (Lipinski definition) is 4. The van der Waals surface area contributed by atoms with Gasteiger partial charge in [-0.05, 0) is 72.5 Å². The third-order valence-corrected chi connectivity index (χ3v) is 7.89. The molecule has 41 heavy (non-hydrogen) atoms. The van der Waals surface area contributed by atoms with Crippen molar-refractivity contribution in [2.75, 3.05) is 13.7 Å². The van der Waals surface area contributed by atoms with Crippen LogP contribution in [-0.4, -0.2) is 46.3 Å². The minimum absolute atomic E-state index is 0.137. The second kappa shape index (κ2) is 10.5. The van der Waals surface area contributed by atoms with Gasteiger partial charge in [0.25, 0.3) is 5.91 Å². The Labute approximate surface area is 238 Å². The number of ether oxygens (including phenoxy) is 2. The van der Waals surface area contributed by atoms with Crippen molar-refractivity contribution in [3.63, 3.8) is 0 Å². The monoisotopic (exact) mass is 546 g/mol. The van der Waals surface area contributed by atoms with E-state index in [1.54, 1.807) is 24.1 Å². The third-order valence-electron chi connectivity index (χ3n) is 7.89. The number of nitrogens with zero attached hydrogens (tertiary/aromatic N) is 2. The number of carboxylic acid groups (broad SMARTS) is 1. The lowest BCUT2D eigenvalue weighted by atomic mass is 9.99. The Morgan fingerprint density at radius 3 is 2.39 bits per heavy atom. The predicted molar refractivity (Wildman–Crippen MR) is 158 cm³/mol. The first kappa shape index (κ1) is 26.2. The molecule has 1 atom stereocenters. The van der Waals surface area contributed by atoms with Gasteiger partial charge in [-0.15, -0.1) is 0 Å². The number of carbonyl (C=O) groups excluding carboxylic acids is 1. The molecule has 1 aliphatic heterocycles. The van der Waals surface area contributed by atoms with Crippen LogP contribution < -0.4 is 9.47 Å². The molecule has 0 fully saturated rings. The molecule has 7 nitrogen and oxygen atoms in total. The fraction of sp³-hybridized carbons (Fsp3) is 0.176. The summed E-state index contributed by atoms with van der Waals surface area (Å²) in [5.74, 6) is 0.227. The summed E-state index contributed by atoms with van der Waals surface area (Å²) in [6.07, 6.45) is -0.522. The predicted octanol–water partition coefficient (Wildman–Crippen LogP) is 6.54. The summed E-state index contributed by atoms with van der Waals surface area (Å²) < 4.78 is 14.1. The highest BCUT2D eigenvalue weighted by atomic mass is 16.6. The van der Waals surface area contributed by atoms with Crippen molar-refractivity contribution in [3.05, 3.63) is 119 Å². The van der Waals surface area contributed by atoms with Gasteiger partial charge in [-0.3, -0.25) is 4.79 Å². The second-order valence-corrected chi connectivity index (χ2v) is 10.3. The van der Waals surface area contributed by atoms with Gasteiger partial charge < -0.3 is 24.0 Å². The van der Waals surface area contributed by atoms with Gasteiger partial charge in [-0.2, -0.15) is 0 Å². The summed E-state index contributed by atoms with van der Waals surface area (Å²) in [7, 11) is 1.73. The number of carboxylic acids is 1. The van der Waals surface area contributed by atoms with Crippen molar-refractivity contribution in [2.24, 2.45) is 0 Å². The van der Waals surface area contributed by atoms with Crippen LogP contribution in [-0.2, 0) is 6.54 Å². The number of aryl methyl sites for hydroxylation is 1. The summed E-state index contributed by atoms with van der Waals surface area (Å²) in [6, 6.07) is 28.3. The Balaban J connectivity index is 1.24. The first-order valence-corrected chi connectivity index (χ1v) is 13.5. The smallest absolute Gasteiger partial charge is 0.336 e. The molecule has 7 heteroatoms. The van der Waals surface area contributed by atoms with E-state index < -0.39 is 12.2 Å². The van der Waals surface area contributed by atoms with Crippen LogP contribution in [0.4, 0.5) is 0 Å². The van der Waals surface area contributed by atoms with E-state index in [9.17, 15) is 14.7 Å². The van der Waals surface area contributed by atoms with Gasteiger partial charge in [-0.25, -0.2) is 4.79 Å². The third kappa shape index (κ3) is 4.80. The van der Waals surface area contributed by atoms with Crippen molar-refractivity contribution in [1.29, 1.82) is 0 Å². The van der Waals surface area contributed by atoms with Crippen LogP contribution in [0.1, 0.15) is 37.5 Å². The number of para-hydroxylation sites is 2. The molecule has 0 aliphatic carbocycles. The molecule has 0 saturated carbocycles. The number of amides is 1. The molecule has 1 unspecified atom stereocenters. The Morgan fingerprint density at radius 2 is 1.63 bits per heavy atom. The highest BCUT2D eigenvalue weighted by Crippen LogP contribution is 2.33. The minimum atomic E-state index is -0.941. The number of carbonyl (C=O) groups is 2. The molecule has 0 radical (unpaired) electrons. The first-order chi connectivity index (χ1) is 19.8. The number of aromatic nitrogens is 1. The lowest BCUT2D eigenvalue weighted by Gasteiger charge is -2.32. The van der Waals surface area contributed by atoms with Crippen LogP contribution in [0.2, 0.25) is 0 Å². The van der Waals surface area contributed by atoms with Crippen molar-refractivity contribution < 1.29 is 24.2 Å². The van der Waals surface area contributed by atoms with E-state index >= 15 is 0 Å². The normalized spacial score (nSPS) is 14.2. The topological polar surface area (TPSA) is 81.0 Å². The largest absolute Gasteiger partial charge is 0.484 e. The highest BCUT2D eigenvalue weighted by Gasteiger charge is 2.28. The molecule has 0 spiro atoms. The van der Waals surface area contributed by atoms with Crippen LogP contribution in [0.15, 0.2) is 91.0 Å². The Kier molecular flexibility index (Phi) is 6.71. The zero-order valence-electron chi connectivity index (χ0n) is 23.1. The fourth-order valence-corrected chi connectivity index (χ4v) is 5.41. The quantitative estimate of drug-likeness (QED) is 0.262. The maximum absolute atomic E-state index is 13.5. The molecule has 1 amide bonds. The number of likely N-dealkylation sites (N-methyl/N-ethyl adjacent to an activating group) is 1. The molecule has 0 saturated heterocycles. The first-order valence-electron chi connectivity index (χ1n) is 13.5. The van der Waals surface area contributed by atoms with E-state index in [2.05, 4.69) is 18.4 Å². The lowest BCUT2D eigenvalue weighted by Crippen LogP contribution is -2.46. The van der Waals surface area contributed by atoms with Gasteiger partial charge in [0.1, 0.15) is 6.61 Å². The molecule has 0 bridgehead atoms. The average molecular weight is 547 g/mol. The summed E-state index contributed by atoms with van der Waals surface area (Å²) in [6.45, 7) is 5.08. The summed E-state index contributed by atoms with van der Waals surface area (Å²) in [4.78, 5) is 26.7. The summed E-state index contributed by atoms with van der Waals surface area (Å²) in [5, 5.41) is 10.6. The molecule has 2 heterocycles. The van der Waals surface area contributed by atoms with Gasteiger partial charge >= 0.3 is 5.97 Å². The van der Waals surface area contributed by atoms with Crippen molar-refractivity contribution in [1.82, 2.24) is 9.47 Å². The molecule has 1 aromatic heterocycles. The van der Waals surface area contributed by atoms with Crippen molar-refractivity contribution in [2.45, 2.75) is 26.6 Å². The van der Waals surface area contributed by atoms with Crippen LogP contribution in [0, 0.1) is 13.8 Å². The second-order valence-electron chi connectivity index (χ2n) is 10.3. The van der Waals surface area contributed by atoms with Gasteiger partial charge in [0.2, 0.25) is 6.23 Å². The standard InChI is InChI=1S/C34H30N2O5/c1-21-22(2)36(19-23-12-14-24(15-13-23)26-8-4-5-9-27(26)34(38)39)29-17-16-25(18-28(21)29)33(37)35(3)32-20-40-30-10-6-7-11-31(30)41-32/h4-18,32H,19-20H2,1-3H3,(H,38,39). The molecule has 6 rings (SSSR count). The van der Waals surface area contributed by atoms with Crippen molar-refractivity contribution in [3.8, 4) is 22.6 Å². The molecule has 206 valence electrons.